The average molecular weight is 594 g/mol. The first-order valence-electron chi connectivity index (χ1n) is 15.1. The summed E-state index contributed by atoms with van der Waals surface area (Å²) >= 11 is 0. The first kappa shape index (κ1) is 27.2. The van der Waals surface area contributed by atoms with Crippen LogP contribution in [0.2, 0.25) is 0 Å². The molecule has 0 saturated carbocycles. The van der Waals surface area contributed by atoms with Gasteiger partial charge in [-0.2, -0.15) is 0 Å². The SMILES string of the molecule is c1ccc(-c2nnc(-c3ccc(N(c4ccccc4)c4cccc(-c5nc6ccccc6nc5-c5ccccc5)c4)cc3)o2)cc1. The number of hydrogen-bond donors (Lipinski definition) is 0. The van der Waals surface area contributed by atoms with Crippen molar-refractivity contribution < 1.29 is 4.42 Å². The predicted molar refractivity (Wildman–Crippen MR) is 184 cm³/mol. The molecule has 0 aliphatic carbocycles. The summed E-state index contributed by atoms with van der Waals surface area (Å²) in [6.07, 6.45) is 0. The molecule has 0 spiro atoms. The Morgan fingerprint density at radius 2 is 0.826 bits per heavy atom. The zero-order valence-corrected chi connectivity index (χ0v) is 24.7. The van der Waals surface area contributed by atoms with Crippen LogP contribution in [-0.4, -0.2) is 20.2 Å². The van der Waals surface area contributed by atoms with Crippen LogP contribution in [0.5, 0.6) is 0 Å². The summed E-state index contributed by atoms with van der Waals surface area (Å²) in [6.45, 7) is 0. The van der Waals surface area contributed by atoms with Crippen LogP contribution in [0.1, 0.15) is 0 Å². The minimum Gasteiger partial charge on any atom is -0.416 e. The van der Waals surface area contributed by atoms with Crippen LogP contribution in [0.25, 0.3) is 56.5 Å². The molecule has 0 fully saturated rings. The van der Waals surface area contributed by atoms with Crippen molar-refractivity contribution in [1.82, 2.24) is 20.2 Å². The number of benzene rings is 6. The normalized spacial score (nSPS) is 11.0. The van der Waals surface area contributed by atoms with Gasteiger partial charge in [0.05, 0.1) is 22.4 Å². The molecule has 8 rings (SSSR count). The fourth-order valence-electron chi connectivity index (χ4n) is 5.61. The molecule has 0 aliphatic rings. The Bertz CT molecular complexity index is 2250. The molecule has 6 aromatic carbocycles. The van der Waals surface area contributed by atoms with Crippen LogP contribution >= 0.6 is 0 Å². The first-order chi connectivity index (χ1) is 22.8. The Morgan fingerprint density at radius 1 is 0.370 bits per heavy atom. The Kier molecular flexibility index (Phi) is 7.05. The third kappa shape index (κ3) is 5.29. The molecule has 2 heterocycles. The van der Waals surface area contributed by atoms with Crippen molar-refractivity contribution in [2.75, 3.05) is 4.90 Å². The molecule has 0 N–H and O–H groups in total. The van der Waals surface area contributed by atoms with Crippen LogP contribution in [0.4, 0.5) is 17.1 Å². The van der Waals surface area contributed by atoms with Crippen LogP contribution in [-0.2, 0) is 0 Å². The zero-order chi connectivity index (χ0) is 30.7. The van der Waals surface area contributed by atoms with E-state index >= 15 is 0 Å². The standard InChI is InChI=1S/C40H27N5O/c1-4-13-28(14-5-1)37-38(42-36-22-11-10-21-35(36)41-37)31-17-12-20-34(27-31)45(32-18-8-3-9-19-32)33-25-23-30(24-26-33)40-44-43-39(46-40)29-15-6-2-7-16-29/h1-27H. The van der Waals surface area contributed by atoms with Crippen LogP contribution in [0, 0.1) is 0 Å². The Labute approximate surface area is 266 Å². The number of para-hydroxylation sites is 3. The molecule has 0 saturated heterocycles. The van der Waals surface area contributed by atoms with Gasteiger partial charge in [0.15, 0.2) is 0 Å². The van der Waals surface area contributed by atoms with Crippen molar-refractivity contribution in [3.05, 3.63) is 164 Å². The van der Waals surface area contributed by atoms with Crippen molar-refractivity contribution in [1.29, 1.82) is 0 Å². The van der Waals surface area contributed by atoms with E-state index in [0.717, 1.165) is 61.7 Å². The molecular weight excluding hydrogens is 566 g/mol. The van der Waals surface area contributed by atoms with Crippen molar-refractivity contribution in [2.45, 2.75) is 0 Å². The Morgan fingerprint density at radius 3 is 1.46 bits per heavy atom. The van der Waals surface area contributed by atoms with Gasteiger partial charge in [-0.3, -0.25) is 0 Å². The van der Waals surface area contributed by atoms with Crippen molar-refractivity contribution in [3.63, 3.8) is 0 Å². The summed E-state index contributed by atoms with van der Waals surface area (Å²) in [6, 6.07) is 55.0. The number of nitrogens with zero attached hydrogens (tertiary/aromatic N) is 5. The molecule has 0 unspecified atom stereocenters. The number of anilines is 3. The average Bonchev–Trinajstić information content (AvgIpc) is 3.64. The van der Waals surface area contributed by atoms with Gasteiger partial charge in [-0.1, -0.05) is 91.0 Å². The molecule has 0 aliphatic heterocycles. The maximum Gasteiger partial charge on any atom is 0.248 e. The van der Waals surface area contributed by atoms with E-state index in [0.29, 0.717) is 11.8 Å². The summed E-state index contributed by atoms with van der Waals surface area (Å²) in [5.74, 6) is 0.969. The highest BCUT2D eigenvalue weighted by Gasteiger charge is 2.18. The summed E-state index contributed by atoms with van der Waals surface area (Å²) in [4.78, 5) is 12.4. The van der Waals surface area contributed by atoms with E-state index in [1.807, 2.05) is 103 Å². The summed E-state index contributed by atoms with van der Waals surface area (Å²) in [7, 11) is 0. The fourth-order valence-corrected chi connectivity index (χ4v) is 5.61. The van der Waals surface area contributed by atoms with Crippen molar-refractivity contribution in [2.24, 2.45) is 0 Å². The summed E-state index contributed by atoms with van der Waals surface area (Å²) < 4.78 is 6.02. The third-order valence-corrected chi connectivity index (χ3v) is 7.83. The van der Waals surface area contributed by atoms with E-state index in [2.05, 4.69) is 75.8 Å². The van der Waals surface area contributed by atoms with Gasteiger partial charge in [0.25, 0.3) is 0 Å². The predicted octanol–water partition coefficient (Wildman–Crippen LogP) is 10.2. The van der Waals surface area contributed by atoms with Gasteiger partial charge in [-0.25, -0.2) is 9.97 Å². The highest BCUT2D eigenvalue weighted by atomic mass is 16.4. The molecule has 2 aromatic heterocycles. The second-order valence-corrected chi connectivity index (χ2v) is 10.8. The molecule has 8 aromatic rings. The van der Waals surface area contributed by atoms with E-state index in [9.17, 15) is 0 Å². The van der Waals surface area contributed by atoms with Gasteiger partial charge in [-0.15, -0.1) is 10.2 Å². The first-order valence-corrected chi connectivity index (χ1v) is 15.1. The van der Waals surface area contributed by atoms with E-state index in [-0.39, 0.29) is 0 Å². The van der Waals surface area contributed by atoms with Gasteiger partial charge in [0.2, 0.25) is 11.8 Å². The molecular formula is C40H27N5O. The zero-order valence-electron chi connectivity index (χ0n) is 24.7. The van der Waals surface area contributed by atoms with Gasteiger partial charge in [0.1, 0.15) is 0 Å². The lowest BCUT2D eigenvalue weighted by atomic mass is 10.0. The van der Waals surface area contributed by atoms with E-state index in [1.54, 1.807) is 0 Å². The van der Waals surface area contributed by atoms with E-state index < -0.39 is 0 Å². The van der Waals surface area contributed by atoms with Crippen molar-refractivity contribution in [3.8, 4) is 45.4 Å². The maximum absolute atomic E-state index is 6.02. The van der Waals surface area contributed by atoms with Crippen LogP contribution in [0.15, 0.2) is 168 Å². The third-order valence-electron chi connectivity index (χ3n) is 7.83. The molecule has 0 atom stereocenters. The molecule has 6 nitrogen and oxygen atoms in total. The molecule has 6 heteroatoms. The lowest BCUT2D eigenvalue weighted by Gasteiger charge is -2.26. The van der Waals surface area contributed by atoms with Crippen LogP contribution in [0.3, 0.4) is 0 Å². The van der Waals surface area contributed by atoms with Crippen molar-refractivity contribution >= 4 is 28.1 Å². The maximum atomic E-state index is 6.02. The van der Waals surface area contributed by atoms with Crippen LogP contribution < -0.4 is 4.90 Å². The highest BCUT2D eigenvalue weighted by molar-refractivity contribution is 5.88. The van der Waals surface area contributed by atoms with Gasteiger partial charge >= 0.3 is 0 Å². The molecule has 0 amide bonds. The second kappa shape index (κ2) is 11.9. The van der Waals surface area contributed by atoms with Gasteiger partial charge in [-0.05, 0) is 72.8 Å². The molecule has 0 radical (unpaired) electrons. The quantitative estimate of drug-likeness (QED) is 0.183. The van der Waals surface area contributed by atoms with E-state index in [4.69, 9.17) is 14.4 Å². The number of aromatic nitrogens is 4. The fraction of sp³-hybridized carbons (Fsp3) is 0. The lowest BCUT2D eigenvalue weighted by Crippen LogP contribution is -2.10. The highest BCUT2D eigenvalue weighted by Crippen LogP contribution is 2.39. The topological polar surface area (TPSA) is 67.9 Å². The minimum atomic E-state index is 0.474. The van der Waals surface area contributed by atoms with Gasteiger partial charge < -0.3 is 9.32 Å². The van der Waals surface area contributed by atoms with E-state index in [1.165, 1.54) is 0 Å². The van der Waals surface area contributed by atoms with Gasteiger partial charge in [0, 0.05) is 39.3 Å². The second-order valence-electron chi connectivity index (χ2n) is 10.8. The Hall–Kier alpha value is -6.40. The molecule has 46 heavy (non-hydrogen) atoms. The molecule has 218 valence electrons. The monoisotopic (exact) mass is 593 g/mol. The Balaban J connectivity index is 1.20. The number of hydrogen-bond acceptors (Lipinski definition) is 6. The smallest absolute Gasteiger partial charge is 0.248 e. The summed E-state index contributed by atoms with van der Waals surface area (Å²) in [5, 5.41) is 8.57. The summed E-state index contributed by atoms with van der Waals surface area (Å²) in [5.41, 5.74) is 10.2. The lowest BCUT2D eigenvalue weighted by molar-refractivity contribution is 0.584. The molecule has 0 bridgehead atoms. The number of fused-ring (bicyclic) bond motifs is 1. The largest absolute Gasteiger partial charge is 0.416 e. The number of rotatable bonds is 7. The minimum absolute atomic E-state index is 0.474.